The largest absolute Gasteiger partial charge is 0.444 e. The topological polar surface area (TPSA) is 150 Å². The number of ether oxygens (including phenoxy) is 2. The zero-order chi connectivity index (χ0) is 40.8. The second-order valence-electron chi connectivity index (χ2n) is 14.8. The maximum Gasteiger partial charge on any atom is 0.417 e. The van der Waals surface area contributed by atoms with Crippen LogP contribution in [0.2, 0.25) is 0 Å². The Kier molecular flexibility index (Phi) is 13.8. The molecule has 18 heteroatoms. The van der Waals surface area contributed by atoms with Gasteiger partial charge in [-0.25, -0.2) is 23.0 Å². The van der Waals surface area contributed by atoms with Crippen LogP contribution < -0.4 is 15.5 Å². The average molecular weight is 856 g/mol. The molecule has 3 amide bonds. The third-order valence-electron chi connectivity index (χ3n) is 7.97. The van der Waals surface area contributed by atoms with Crippen molar-refractivity contribution in [3.05, 3.63) is 82.0 Å². The van der Waals surface area contributed by atoms with Crippen LogP contribution in [0.1, 0.15) is 69.4 Å². The van der Waals surface area contributed by atoms with Gasteiger partial charge in [0.05, 0.1) is 10.5 Å². The lowest BCUT2D eigenvalue weighted by Gasteiger charge is -2.35. The van der Waals surface area contributed by atoms with Gasteiger partial charge in [-0.15, -0.1) is 0 Å². The number of hydrogen-bond donors (Lipinski definition) is 2. The number of amides is 3. The molecule has 0 bridgehead atoms. The fourth-order valence-electron chi connectivity index (χ4n) is 5.36. The first-order valence-electron chi connectivity index (χ1n) is 17.4. The fourth-order valence-corrected chi connectivity index (χ4v) is 7.22. The molecule has 300 valence electrons. The van der Waals surface area contributed by atoms with Gasteiger partial charge in [0.15, 0.2) is 0 Å². The molecule has 0 unspecified atom stereocenters. The first-order valence-corrected chi connectivity index (χ1v) is 19.7. The van der Waals surface area contributed by atoms with Crippen LogP contribution in [0.5, 0.6) is 0 Å². The van der Waals surface area contributed by atoms with E-state index < -0.39 is 51.1 Å². The quantitative estimate of drug-likeness (QED) is 0.190. The molecule has 3 aromatic rings. The van der Waals surface area contributed by atoms with Gasteiger partial charge in [-0.3, -0.25) is 4.79 Å². The van der Waals surface area contributed by atoms with E-state index >= 15 is 0 Å². The van der Waals surface area contributed by atoms with Crippen LogP contribution in [-0.4, -0.2) is 91.2 Å². The standard InChI is InChI=1S/C37H46BrF3N6O7S/c1-35(2,3)53-33(49)42-16-7-17-46(34(50)54-36(4,5)6)24-25-8-10-26(11-9-25)32(48)44-27-12-14-28(15-13-27)55(51,52)47-20-18-45(19-21-47)31-22-29(37(39,40)41)30(38)23-43-31/h8-15,22-23H,7,16-21,24H2,1-6H3,(H,42,49)(H,44,48). The number of carbonyl (C=O) groups excluding carboxylic acids is 3. The van der Waals surface area contributed by atoms with E-state index in [9.17, 15) is 36.0 Å². The number of alkyl carbamates (subject to hydrolysis) is 1. The molecule has 1 fully saturated rings. The van der Waals surface area contributed by atoms with Gasteiger partial charge in [0.25, 0.3) is 5.91 Å². The van der Waals surface area contributed by atoms with Crippen LogP contribution in [0.25, 0.3) is 0 Å². The van der Waals surface area contributed by atoms with Gasteiger partial charge in [0.2, 0.25) is 10.0 Å². The van der Waals surface area contributed by atoms with Gasteiger partial charge < -0.3 is 29.9 Å². The number of hydrogen-bond acceptors (Lipinski definition) is 9. The summed E-state index contributed by atoms with van der Waals surface area (Å²) in [6.07, 6.45) is -4.13. The molecule has 2 aromatic carbocycles. The molecule has 2 heterocycles. The monoisotopic (exact) mass is 854 g/mol. The highest BCUT2D eigenvalue weighted by Crippen LogP contribution is 2.36. The number of rotatable bonds is 11. The number of halogens is 4. The number of nitrogens with one attached hydrogen (secondary N) is 2. The molecule has 1 aliphatic heterocycles. The number of anilines is 2. The van der Waals surface area contributed by atoms with E-state index in [0.29, 0.717) is 17.7 Å². The molecule has 2 N–H and O–H groups in total. The Morgan fingerprint density at radius 3 is 2.05 bits per heavy atom. The molecule has 13 nitrogen and oxygen atoms in total. The number of aromatic nitrogens is 1. The maximum atomic E-state index is 13.4. The highest BCUT2D eigenvalue weighted by Gasteiger charge is 2.35. The third kappa shape index (κ3) is 12.8. The molecule has 0 radical (unpaired) electrons. The lowest BCUT2D eigenvalue weighted by atomic mass is 10.1. The number of nitrogens with zero attached hydrogens (tertiary/aromatic N) is 4. The van der Waals surface area contributed by atoms with Crippen LogP contribution in [0.15, 0.2) is 70.2 Å². The Morgan fingerprint density at radius 2 is 1.49 bits per heavy atom. The van der Waals surface area contributed by atoms with Crippen molar-refractivity contribution >= 4 is 55.6 Å². The van der Waals surface area contributed by atoms with Crippen LogP contribution >= 0.6 is 15.9 Å². The van der Waals surface area contributed by atoms with Crippen molar-refractivity contribution in [1.82, 2.24) is 19.5 Å². The van der Waals surface area contributed by atoms with Crippen LogP contribution in [0.3, 0.4) is 0 Å². The summed E-state index contributed by atoms with van der Waals surface area (Å²) in [5.41, 5.74) is -0.805. The van der Waals surface area contributed by atoms with Crippen molar-refractivity contribution in [3.63, 3.8) is 0 Å². The summed E-state index contributed by atoms with van der Waals surface area (Å²) < 4.78 is 78.8. The molecule has 0 aliphatic carbocycles. The fraction of sp³-hybridized carbons (Fsp3) is 0.459. The van der Waals surface area contributed by atoms with Gasteiger partial charge in [0.1, 0.15) is 17.0 Å². The predicted octanol–water partition coefficient (Wildman–Crippen LogP) is 7.28. The Bertz CT molecular complexity index is 1930. The lowest BCUT2D eigenvalue weighted by molar-refractivity contribution is -0.138. The first-order chi connectivity index (χ1) is 25.5. The smallest absolute Gasteiger partial charge is 0.417 e. The highest BCUT2D eigenvalue weighted by atomic mass is 79.9. The summed E-state index contributed by atoms with van der Waals surface area (Å²) in [5, 5.41) is 5.42. The second-order valence-corrected chi connectivity index (χ2v) is 17.6. The summed E-state index contributed by atoms with van der Waals surface area (Å²) >= 11 is 2.88. The zero-order valence-corrected chi connectivity index (χ0v) is 33.9. The molecule has 4 rings (SSSR count). The van der Waals surface area contributed by atoms with Crippen molar-refractivity contribution in [2.75, 3.05) is 49.5 Å². The molecular weight excluding hydrogens is 809 g/mol. The van der Waals surface area contributed by atoms with E-state index in [1.807, 2.05) is 0 Å². The predicted molar refractivity (Wildman–Crippen MR) is 204 cm³/mol. The number of sulfonamides is 1. The summed E-state index contributed by atoms with van der Waals surface area (Å²) in [4.78, 5) is 45.2. The van der Waals surface area contributed by atoms with Crippen LogP contribution in [0.4, 0.5) is 34.3 Å². The number of carbonyl (C=O) groups is 3. The molecule has 1 aliphatic rings. The van der Waals surface area contributed by atoms with E-state index in [0.717, 1.165) is 17.8 Å². The zero-order valence-electron chi connectivity index (χ0n) is 31.5. The summed E-state index contributed by atoms with van der Waals surface area (Å²) in [6, 6.07) is 13.3. The maximum absolute atomic E-state index is 13.4. The summed E-state index contributed by atoms with van der Waals surface area (Å²) in [6.45, 7) is 11.7. The highest BCUT2D eigenvalue weighted by molar-refractivity contribution is 9.10. The number of alkyl halides is 3. The number of pyridine rings is 1. The van der Waals surface area contributed by atoms with Crippen molar-refractivity contribution in [3.8, 4) is 0 Å². The SMILES string of the molecule is CC(C)(C)OC(=O)NCCCN(Cc1ccc(C(=O)Nc2ccc(S(=O)(=O)N3CCN(c4cc(C(F)(F)F)c(Br)cn4)CC3)cc2)cc1)C(=O)OC(C)(C)C. The van der Waals surface area contributed by atoms with E-state index in [2.05, 4.69) is 31.5 Å². The molecule has 0 atom stereocenters. The summed E-state index contributed by atoms with van der Waals surface area (Å²) in [5.74, 6) is -0.336. The minimum absolute atomic E-state index is 0.000381. The van der Waals surface area contributed by atoms with Gasteiger partial charge in [-0.05, 0) is 112 Å². The van der Waals surface area contributed by atoms with Gasteiger partial charge >= 0.3 is 18.4 Å². The van der Waals surface area contributed by atoms with Gasteiger partial charge in [-0.2, -0.15) is 17.5 Å². The van der Waals surface area contributed by atoms with Crippen molar-refractivity contribution < 1.29 is 45.4 Å². The normalized spacial score (nSPS) is 14.3. The van der Waals surface area contributed by atoms with Crippen molar-refractivity contribution in [1.29, 1.82) is 0 Å². The Morgan fingerprint density at radius 1 is 0.891 bits per heavy atom. The first kappa shape index (κ1) is 43.3. The molecule has 1 saturated heterocycles. The minimum atomic E-state index is -4.57. The average Bonchev–Trinajstić information content (AvgIpc) is 3.08. The van der Waals surface area contributed by atoms with Gasteiger partial charge in [0, 0.05) is 67.7 Å². The van der Waals surface area contributed by atoms with Crippen LogP contribution in [-0.2, 0) is 32.2 Å². The lowest BCUT2D eigenvalue weighted by Crippen LogP contribution is -2.49. The summed E-state index contributed by atoms with van der Waals surface area (Å²) in [7, 11) is -3.93. The van der Waals surface area contributed by atoms with Crippen LogP contribution in [0, 0.1) is 0 Å². The molecule has 1 aromatic heterocycles. The van der Waals surface area contributed by atoms with E-state index in [-0.39, 0.29) is 61.0 Å². The number of piperazine rings is 1. The minimum Gasteiger partial charge on any atom is -0.444 e. The molecule has 0 saturated carbocycles. The third-order valence-corrected chi connectivity index (χ3v) is 10.5. The van der Waals surface area contributed by atoms with Gasteiger partial charge in [-0.1, -0.05) is 12.1 Å². The van der Waals surface area contributed by atoms with E-state index in [1.165, 1.54) is 33.5 Å². The van der Waals surface area contributed by atoms with Crippen molar-refractivity contribution in [2.45, 2.75) is 76.8 Å². The Labute approximate surface area is 327 Å². The number of benzene rings is 2. The molecular formula is C37H46BrF3N6O7S. The second kappa shape index (κ2) is 17.6. The van der Waals surface area contributed by atoms with E-state index in [4.69, 9.17) is 9.47 Å². The van der Waals surface area contributed by atoms with E-state index in [1.54, 1.807) is 70.7 Å². The Balaban J connectivity index is 1.32. The van der Waals surface area contributed by atoms with Crippen molar-refractivity contribution in [2.24, 2.45) is 0 Å². The molecule has 55 heavy (non-hydrogen) atoms. The Hall–Kier alpha value is -4.42. The molecule has 0 spiro atoms.